The lowest BCUT2D eigenvalue weighted by Crippen LogP contribution is -2.32. The molecule has 0 bridgehead atoms. The average molecular weight is 304 g/mol. The third-order valence-corrected chi connectivity index (χ3v) is 3.03. The summed E-state index contributed by atoms with van der Waals surface area (Å²) >= 11 is 11.8. The first-order valence-corrected chi connectivity index (χ1v) is 6.85. The van der Waals surface area contributed by atoms with Crippen molar-refractivity contribution in [2.24, 2.45) is 0 Å². The lowest BCUT2D eigenvalue weighted by molar-refractivity contribution is -0.120. The zero-order valence-corrected chi connectivity index (χ0v) is 12.7. The van der Waals surface area contributed by atoms with Gasteiger partial charge in [-0.2, -0.15) is 0 Å². The second-order valence-corrected chi connectivity index (χ2v) is 5.30. The molecule has 0 aliphatic rings. The molecule has 1 rings (SSSR count). The predicted octanol–water partition coefficient (Wildman–Crippen LogP) is 2.47. The van der Waals surface area contributed by atoms with Crippen molar-refractivity contribution in [3.05, 3.63) is 28.2 Å². The van der Waals surface area contributed by atoms with Gasteiger partial charge in [0, 0.05) is 31.1 Å². The van der Waals surface area contributed by atoms with Crippen molar-refractivity contribution in [3.63, 3.8) is 0 Å². The zero-order valence-electron chi connectivity index (χ0n) is 11.2. The molecule has 1 amide bonds. The molecule has 0 aromatic heterocycles. The van der Waals surface area contributed by atoms with Gasteiger partial charge in [0.05, 0.1) is 10.7 Å². The maximum absolute atomic E-state index is 11.5. The lowest BCUT2D eigenvalue weighted by Gasteiger charge is -2.11. The lowest BCUT2D eigenvalue weighted by atomic mass is 10.3. The Hall–Kier alpha value is -0.970. The molecule has 6 heteroatoms. The molecular weight excluding hydrogens is 285 g/mol. The van der Waals surface area contributed by atoms with Gasteiger partial charge in [-0.25, -0.2) is 0 Å². The van der Waals surface area contributed by atoms with Gasteiger partial charge in [-0.15, -0.1) is 0 Å². The quantitative estimate of drug-likeness (QED) is 0.813. The van der Waals surface area contributed by atoms with Crippen molar-refractivity contribution >= 4 is 34.8 Å². The molecule has 0 fully saturated rings. The van der Waals surface area contributed by atoms with E-state index in [4.69, 9.17) is 23.2 Å². The van der Waals surface area contributed by atoms with Gasteiger partial charge in [-0.1, -0.05) is 23.2 Å². The minimum atomic E-state index is 0.0273. The summed E-state index contributed by atoms with van der Waals surface area (Å²) in [6, 6.07) is 5.23. The van der Waals surface area contributed by atoms with Gasteiger partial charge in [-0.3, -0.25) is 4.79 Å². The summed E-state index contributed by atoms with van der Waals surface area (Å²) in [5, 5.41) is 7.11. The minimum absolute atomic E-state index is 0.0273. The molecule has 0 aliphatic heterocycles. The van der Waals surface area contributed by atoms with Crippen molar-refractivity contribution in [1.29, 1.82) is 0 Å². The largest absolute Gasteiger partial charge is 0.383 e. The summed E-state index contributed by atoms with van der Waals surface area (Å²) in [6.07, 6.45) is 0.409. The van der Waals surface area contributed by atoms with Crippen LogP contribution in [0, 0.1) is 0 Å². The Kier molecular flexibility index (Phi) is 6.99. The Balaban J connectivity index is 2.24. The van der Waals surface area contributed by atoms with E-state index in [1.165, 1.54) is 0 Å². The van der Waals surface area contributed by atoms with Gasteiger partial charge in [0.2, 0.25) is 5.91 Å². The number of likely N-dealkylation sites (N-methyl/N-ethyl adjacent to an activating group) is 1. The van der Waals surface area contributed by atoms with Crippen LogP contribution < -0.4 is 10.6 Å². The first-order chi connectivity index (χ1) is 8.99. The summed E-state index contributed by atoms with van der Waals surface area (Å²) in [5.74, 6) is 0.0273. The number of hydrogen-bond acceptors (Lipinski definition) is 3. The number of nitrogens with zero attached hydrogens (tertiary/aromatic N) is 1. The maximum Gasteiger partial charge on any atom is 0.221 e. The molecule has 1 aromatic carbocycles. The van der Waals surface area contributed by atoms with Gasteiger partial charge in [0.15, 0.2) is 0 Å². The van der Waals surface area contributed by atoms with Crippen LogP contribution in [0.4, 0.5) is 5.69 Å². The monoisotopic (exact) mass is 303 g/mol. The summed E-state index contributed by atoms with van der Waals surface area (Å²) < 4.78 is 0. The van der Waals surface area contributed by atoms with E-state index in [-0.39, 0.29) is 5.91 Å². The van der Waals surface area contributed by atoms with E-state index < -0.39 is 0 Å². The Labute approximate surface area is 124 Å². The number of nitrogens with one attached hydrogen (secondary N) is 2. The number of carbonyl (C=O) groups excluding carboxylic acids is 1. The van der Waals surface area contributed by atoms with E-state index in [1.54, 1.807) is 18.2 Å². The Morgan fingerprint density at radius 2 is 2.00 bits per heavy atom. The van der Waals surface area contributed by atoms with E-state index in [0.717, 1.165) is 12.2 Å². The highest BCUT2D eigenvalue weighted by Gasteiger charge is 2.03. The van der Waals surface area contributed by atoms with Gasteiger partial charge in [0.25, 0.3) is 0 Å². The molecule has 0 saturated heterocycles. The number of halogens is 2. The van der Waals surface area contributed by atoms with Gasteiger partial charge < -0.3 is 15.5 Å². The molecule has 2 N–H and O–H groups in total. The standard InChI is InChI=1S/C13H19Cl2N3O/c1-18(2)8-7-17-13(19)5-6-16-12-4-3-10(14)9-11(12)15/h3-4,9,16H,5-8H2,1-2H3,(H,17,19). The van der Waals surface area contributed by atoms with Crippen LogP contribution in [0.3, 0.4) is 0 Å². The predicted molar refractivity (Wildman–Crippen MR) is 81.1 cm³/mol. The third kappa shape index (κ3) is 6.66. The van der Waals surface area contributed by atoms with Crippen molar-refractivity contribution < 1.29 is 4.79 Å². The first-order valence-electron chi connectivity index (χ1n) is 6.09. The number of rotatable bonds is 7. The summed E-state index contributed by atoms with van der Waals surface area (Å²) in [4.78, 5) is 13.5. The zero-order chi connectivity index (χ0) is 14.3. The number of benzene rings is 1. The molecule has 0 atom stereocenters. The topological polar surface area (TPSA) is 44.4 Å². The molecule has 0 aliphatic carbocycles. The third-order valence-electron chi connectivity index (χ3n) is 2.48. The first kappa shape index (κ1) is 16.1. The van der Waals surface area contributed by atoms with Crippen molar-refractivity contribution in [1.82, 2.24) is 10.2 Å². The van der Waals surface area contributed by atoms with E-state index in [9.17, 15) is 4.79 Å². The highest BCUT2D eigenvalue weighted by atomic mass is 35.5. The molecule has 0 unspecified atom stereocenters. The van der Waals surface area contributed by atoms with Crippen molar-refractivity contribution in [2.75, 3.05) is 39.0 Å². The number of amides is 1. The van der Waals surface area contributed by atoms with E-state index in [2.05, 4.69) is 10.6 Å². The number of carbonyl (C=O) groups is 1. The molecule has 1 aromatic rings. The van der Waals surface area contributed by atoms with Crippen LogP contribution >= 0.6 is 23.2 Å². The molecule has 0 radical (unpaired) electrons. The second kappa shape index (κ2) is 8.25. The van der Waals surface area contributed by atoms with Crippen LogP contribution in [-0.2, 0) is 4.79 Å². The Morgan fingerprint density at radius 3 is 2.63 bits per heavy atom. The van der Waals surface area contributed by atoms with Crippen LogP contribution in [0.5, 0.6) is 0 Å². The average Bonchev–Trinajstić information content (AvgIpc) is 2.31. The molecule has 0 spiro atoms. The molecule has 0 saturated carbocycles. The normalized spacial score (nSPS) is 10.6. The fraction of sp³-hybridized carbons (Fsp3) is 0.462. The molecule has 0 heterocycles. The van der Waals surface area contributed by atoms with Gasteiger partial charge >= 0.3 is 0 Å². The highest BCUT2D eigenvalue weighted by molar-refractivity contribution is 6.36. The molecule has 106 valence electrons. The Bertz CT molecular complexity index is 424. The van der Waals surface area contributed by atoms with Crippen LogP contribution in [0.15, 0.2) is 18.2 Å². The van der Waals surface area contributed by atoms with Crippen LogP contribution in [-0.4, -0.2) is 44.5 Å². The number of anilines is 1. The summed E-state index contributed by atoms with van der Waals surface area (Å²) in [7, 11) is 3.94. The van der Waals surface area contributed by atoms with Crippen molar-refractivity contribution in [3.8, 4) is 0 Å². The minimum Gasteiger partial charge on any atom is -0.383 e. The van der Waals surface area contributed by atoms with E-state index in [1.807, 2.05) is 19.0 Å². The van der Waals surface area contributed by atoms with Gasteiger partial charge in [-0.05, 0) is 32.3 Å². The van der Waals surface area contributed by atoms with Crippen molar-refractivity contribution in [2.45, 2.75) is 6.42 Å². The smallest absolute Gasteiger partial charge is 0.221 e. The van der Waals surface area contributed by atoms with E-state index >= 15 is 0 Å². The Morgan fingerprint density at radius 1 is 1.26 bits per heavy atom. The van der Waals surface area contributed by atoms with Crippen LogP contribution in [0.2, 0.25) is 10.0 Å². The fourth-order valence-electron chi connectivity index (χ4n) is 1.45. The van der Waals surface area contributed by atoms with Crippen LogP contribution in [0.25, 0.3) is 0 Å². The van der Waals surface area contributed by atoms with Gasteiger partial charge in [0.1, 0.15) is 0 Å². The molecule has 19 heavy (non-hydrogen) atoms. The molecule has 4 nitrogen and oxygen atoms in total. The van der Waals surface area contributed by atoms with E-state index in [0.29, 0.717) is 29.6 Å². The summed E-state index contributed by atoms with van der Waals surface area (Å²) in [6.45, 7) is 2.03. The fourth-order valence-corrected chi connectivity index (χ4v) is 1.93. The highest BCUT2D eigenvalue weighted by Crippen LogP contribution is 2.25. The van der Waals surface area contributed by atoms with Crippen LogP contribution in [0.1, 0.15) is 6.42 Å². The second-order valence-electron chi connectivity index (χ2n) is 4.45. The maximum atomic E-state index is 11.5. The molecular formula is C13H19Cl2N3O. The summed E-state index contributed by atoms with van der Waals surface area (Å²) in [5.41, 5.74) is 0.784. The SMILES string of the molecule is CN(C)CCNC(=O)CCNc1ccc(Cl)cc1Cl. The number of hydrogen-bond donors (Lipinski definition) is 2.